The molecule has 0 aliphatic carbocycles. The molecule has 0 spiro atoms. The highest BCUT2D eigenvalue weighted by Crippen LogP contribution is 2.20. The van der Waals surface area contributed by atoms with Gasteiger partial charge in [0, 0.05) is 18.7 Å². The fourth-order valence-electron chi connectivity index (χ4n) is 2.07. The molecule has 0 bridgehead atoms. The maximum absolute atomic E-state index is 13.8. The van der Waals surface area contributed by atoms with Crippen LogP contribution in [0.15, 0.2) is 18.2 Å². The summed E-state index contributed by atoms with van der Waals surface area (Å²) in [4.78, 5) is 0. The minimum absolute atomic E-state index is 0.138. The van der Waals surface area contributed by atoms with Gasteiger partial charge in [0.15, 0.2) is 0 Å². The van der Waals surface area contributed by atoms with Gasteiger partial charge in [0.05, 0.1) is 5.69 Å². The van der Waals surface area contributed by atoms with Gasteiger partial charge in [-0.1, -0.05) is 6.42 Å². The van der Waals surface area contributed by atoms with E-state index in [2.05, 4.69) is 4.72 Å². The number of hydrogen-bond acceptors (Lipinski definition) is 3. The average molecular weight is 300 g/mol. The number of rotatable bonds is 4. The molecule has 1 aromatic rings. The van der Waals surface area contributed by atoms with Gasteiger partial charge in [0.1, 0.15) is 11.7 Å². The molecule has 0 amide bonds. The van der Waals surface area contributed by atoms with Gasteiger partial charge in [-0.15, -0.1) is 0 Å². The van der Waals surface area contributed by atoms with Gasteiger partial charge in [-0.3, -0.25) is 10.1 Å². The smallest absolute Gasteiger partial charge is 0.301 e. The maximum atomic E-state index is 13.8. The van der Waals surface area contributed by atoms with E-state index in [1.807, 2.05) is 0 Å². The lowest BCUT2D eigenvalue weighted by atomic mass is 10.2. The zero-order valence-electron chi connectivity index (χ0n) is 10.9. The summed E-state index contributed by atoms with van der Waals surface area (Å²) < 4.78 is 41.6. The minimum Gasteiger partial charge on any atom is -0.384 e. The van der Waals surface area contributed by atoms with E-state index < -0.39 is 16.0 Å². The fourth-order valence-corrected chi connectivity index (χ4v) is 3.39. The van der Waals surface area contributed by atoms with Crippen molar-refractivity contribution in [2.45, 2.75) is 19.3 Å². The summed E-state index contributed by atoms with van der Waals surface area (Å²) in [5, 5.41) is 7.21. The summed E-state index contributed by atoms with van der Waals surface area (Å²) in [6.07, 6.45) is 2.63. The highest BCUT2D eigenvalue weighted by Gasteiger charge is 2.24. The first-order valence-electron chi connectivity index (χ1n) is 6.32. The fraction of sp³-hybridized carbons (Fsp3) is 0.417. The van der Waals surface area contributed by atoms with Gasteiger partial charge >= 0.3 is 10.2 Å². The first-order chi connectivity index (χ1) is 9.40. The quantitative estimate of drug-likeness (QED) is 0.576. The van der Waals surface area contributed by atoms with E-state index in [4.69, 9.17) is 11.1 Å². The number of hydrogen-bond donors (Lipinski definition) is 3. The Morgan fingerprint density at radius 2 is 1.95 bits per heavy atom. The molecule has 0 saturated carbocycles. The number of nitrogens with one attached hydrogen (secondary N) is 2. The van der Waals surface area contributed by atoms with E-state index in [0.717, 1.165) is 25.3 Å². The van der Waals surface area contributed by atoms with Crippen LogP contribution in [0.25, 0.3) is 0 Å². The molecule has 1 heterocycles. The van der Waals surface area contributed by atoms with E-state index in [9.17, 15) is 12.8 Å². The molecule has 1 aliphatic rings. The van der Waals surface area contributed by atoms with Gasteiger partial charge in [0.2, 0.25) is 0 Å². The molecule has 6 nitrogen and oxygen atoms in total. The molecule has 2 rings (SSSR count). The second-order valence-electron chi connectivity index (χ2n) is 4.68. The normalized spacial score (nSPS) is 16.9. The van der Waals surface area contributed by atoms with Crippen LogP contribution in [-0.2, 0) is 10.2 Å². The van der Waals surface area contributed by atoms with Crippen LogP contribution in [0.5, 0.6) is 0 Å². The maximum Gasteiger partial charge on any atom is 0.301 e. The van der Waals surface area contributed by atoms with Crippen molar-refractivity contribution in [1.29, 1.82) is 5.41 Å². The Bertz CT molecular complexity index is 612. The molecule has 0 aromatic heterocycles. The van der Waals surface area contributed by atoms with Crippen molar-refractivity contribution >= 4 is 21.7 Å². The number of amidine groups is 1. The van der Waals surface area contributed by atoms with Gasteiger partial charge in [-0.25, -0.2) is 4.39 Å². The van der Waals surface area contributed by atoms with Gasteiger partial charge in [-0.05, 0) is 31.0 Å². The second kappa shape index (κ2) is 5.76. The van der Waals surface area contributed by atoms with E-state index in [-0.39, 0.29) is 17.1 Å². The molecule has 20 heavy (non-hydrogen) atoms. The van der Waals surface area contributed by atoms with Crippen LogP contribution < -0.4 is 10.5 Å². The number of nitrogens with zero attached hydrogens (tertiary/aromatic N) is 1. The summed E-state index contributed by atoms with van der Waals surface area (Å²) in [7, 11) is -3.73. The zero-order valence-corrected chi connectivity index (χ0v) is 11.7. The largest absolute Gasteiger partial charge is 0.384 e. The monoisotopic (exact) mass is 300 g/mol. The van der Waals surface area contributed by atoms with Crippen molar-refractivity contribution in [1.82, 2.24) is 4.31 Å². The Balaban J connectivity index is 2.18. The predicted octanol–water partition coefficient (Wildman–Crippen LogP) is 1.25. The summed E-state index contributed by atoms with van der Waals surface area (Å²) in [6, 6.07) is 3.71. The number of piperidine rings is 1. The molecule has 4 N–H and O–H groups in total. The molecule has 1 aromatic carbocycles. The summed E-state index contributed by atoms with van der Waals surface area (Å²) in [5.41, 5.74) is 5.32. The minimum atomic E-state index is -3.73. The molecular formula is C12H17FN4O2S. The van der Waals surface area contributed by atoms with Crippen LogP contribution in [-0.4, -0.2) is 31.6 Å². The Kier molecular flexibility index (Phi) is 4.24. The zero-order chi connectivity index (χ0) is 14.8. The highest BCUT2D eigenvalue weighted by molar-refractivity contribution is 7.90. The Morgan fingerprint density at radius 3 is 2.50 bits per heavy atom. The lowest BCUT2D eigenvalue weighted by Gasteiger charge is -2.26. The molecule has 0 atom stereocenters. The lowest BCUT2D eigenvalue weighted by Crippen LogP contribution is -2.39. The molecular weight excluding hydrogens is 283 g/mol. The van der Waals surface area contributed by atoms with Crippen LogP contribution in [0.3, 0.4) is 0 Å². The van der Waals surface area contributed by atoms with Crippen molar-refractivity contribution < 1.29 is 12.8 Å². The molecule has 8 heteroatoms. The molecule has 1 aliphatic heterocycles. The Labute approximate surface area is 117 Å². The van der Waals surface area contributed by atoms with Gasteiger partial charge in [0.25, 0.3) is 0 Å². The van der Waals surface area contributed by atoms with Crippen LogP contribution in [0, 0.1) is 11.2 Å². The third-order valence-electron chi connectivity index (χ3n) is 3.17. The molecule has 1 saturated heterocycles. The van der Waals surface area contributed by atoms with Crippen molar-refractivity contribution in [2.75, 3.05) is 17.8 Å². The van der Waals surface area contributed by atoms with E-state index >= 15 is 0 Å². The van der Waals surface area contributed by atoms with Gasteiger partial charge in [-0.2, -0.15) is 12.7 Å². The molecule has 0 unspecified atom stereocenters. The van der Waals surface area contributed by atoms with Crippen molar-refractivity contribution in [3.05, 3.63) is 29.6 Å². The van der Waals surface area contributed by atoms with Crippen molar-refractivity contribution in [3.8, 4) is 0 Å². The third kappa shape index (κ3) is 3.26. The Morgan fingerprint density at radius 1 is 1.30 bits per heavy atom. The van der Waals surface area contributed by atoms with E-state index in [1.54, 1.807) is 0 Å². The van der Waals surface area contributed by atoms with Crippen LogP contribution in [0.1, 0.15) is 24.8 Å². The van der Waals surface area contributed by atoms with E-state index in [0.29, 0.717) is 13.1 Å². The molecule has 110 valence electrons. The number of nitrogens with two attached hydrogens (primary N) is 1. The Hall–Kier alpha value is -1.67. The standard InChI is InChI=1S/C12H17FN4O2S/c13-10-8-9(12(14)15)4-5-11(10)16-20(18,19)17-6-2-1-3-7-17/h4-5,8,16H,1-3,6-7H2,(H3,14,15). The molecule has 0 radical (unpaired) electrons. The van der Waals surface area contributed by atoms with Crippen LogP contribution in [0.2, 0.25) is 0 Å². The topological polar surface area (TPSA) is 99.3 Å². The third-order valence-corrected chi connectivity index (χ3v) is 4.70. The first-order valence-corrected chi connectivity index (χ1v) is 7.76. The van der Waals surface area contributed by atoms with Crippen molar-refractivity contribution in [2.24, 2.45) is 5.73 Å². The lowest BCUT2D eigenvalue weighted by molar-refractivity contribution is 0.349. The second-order valence-corrected chi connectivity index (χ2v) is 6.35. The summed E-state index contributed by atoms with van der Waals surface area (Å²) in [5.74, 6) is -1.02. The number of anilines is 1. The van der Waals surface area contributed by atoms with Crippen molar-refractivity contribution in [3.63, 3.8) is 0 Å². The number of benzene rings is 1. The molecule has 1 fully saturated rings. The number of halogens is 1. The first kappa shape index (κ1) is 14.7. The predicted molar refractivity (Wildman–Crippen MR) is 75.4 cm³/mol. The van der Waals surface area contributed by atoms with Crippen LogP contribution in [0.4, 0.5) is 10.1 Å². The van der Waals surface area contributed by atoms with E-state index in [1.165, 1.54) is 16.4 Å². The average Bonchev–Trinajstić information content (AvgIpc) is 2.41. The highest BCUT2D eigenvalue weighted by atomic mass is 32.2. The SMILES string of the molecule is N=C(N)c1ccc(NS(=O)(=O)N2CCCCC2)c(F)c1. The number of nitrogen functional groups attached to an aromatic ring is 1. The summed E-state index contributed by atoms with van der Waals surface area (Å²) in [6.45, 7) is 0.894. The van der Waals surface area contributed by atoms with Gasteiger partial charge < -0.3 is 5.73 Å². The van der Waals surface area contributed by atoms with Crippen LogP contribution >= 0.6 is 0 Å². The summed E-state index contributed by atoms with van der Waals surface area (Å²) >= 11 is 0.